The van der Waals surface area contributed by atoms with E-state index in [0.717, 1.165) is 12.1 Å². The van der Waals surface area contributed by atoms with E-state index in [1.165, 1.54) is 6.07 Å². The average Bonchev–Trinajstić information content (AvgIpc) is 2.64. The quantitative estimate of drug-likeness (QED) is 0.612. The number of alkyl carbamates (subject to hydrolysis) is 1. The lowest BCUT2D eigenvalue weighted by molar-refractivity contribution is -0.385. The first-order valence-electron chi connectivity index (χ1n) is 4.45. The Morgan fingerprint density at radius 3 is 2.88 bits per heavy atom. The second kappa shape index (κ2) is 3.76. The number of nitrogens with one attached hydrogen (secondary N) is 1. The van der Waals surface area contributed by atoms with Gasteiger partial charge in [-0.05, 0) is 12.1 Å². The summed E-state index contributed by atoms with van der Waals surface area (Å²) in [4.78, 5) is 20.8. The summed E-state index contributed by atoms with van der Waals surface area (Å²) in [5.74, 6) is -0.694. The van der Waals surface area contributed by atoms with Crippen LogP contribution in [0, 0.1) is 15.9 Å². The molecule has 16 heavy (non-hydrogen) atoms. The van der Waals surface area contributed by atoms with E-state index in [-0.39, 0.29) is 17.9 Å². The summed E-state index contributed by atoms with van der Waals surface area (Å²) < 4.78 is 17.5. The molecule has 1 saturated heterocycles. The molecule has 1 aromatic rings. The van der Waals surface area contributed by atoms with E-state index in [1.807, 2.05) is 0 Å². The summed E-state index contributed by atoms with van der Waals surface area (Å²) in [7, 11) is 0. The molecule has 1 N–H and O–H groups in total. The minimum atomic E-state index is -0.694. The van der Waals surface area contributed by atoms with Crippen molar-refractivity contribution in [2.75, 3.05) is 6.61 Å². The van der Waals surface area contributed by atoms with Gasteiger partial charge in [0, 0.05) is 0 Å². The molecule has 1 aromatic carbocycles. The number of hydrogen-bond donors (Lipinski definition) is 1. The summed E-state index contributed by atoms with van der Waals surface area (Å²) in [6.45, 7) is 0.00526. The maximum Gasteiger partial charge on any atom is 0.407 e. The van der Waals surface area contributed by atoms with E-state index < -0.39 is 22.9 Å². The van der Waals surface area contributed by atoms with Crippen LogP contribution in [0.2, 0.25) is 0 Å². The van der Waals surface area contributed by atoms with Crippen LogP contribution in [0.15, 0.2) is 18.2 Å². The second-order valence-electron chi connectivity index (χ2n) is 3.26. The van der Waals surface area contributed by atoms with E-state index in [1.54, 1.807) is 0 Å². The summed E-state index contributed by atoms with van der Waals surface area (Å²) in [6.07, 6.45) is -0.636. The standard InChI is InChI=1S/C9H7FN2O4/c10-5-1-2-6(8(3-5)12(14)15)7-4-16-9(13)11-7/h1-3,7H,4H2,(H,11,13)/t7-/m1/s1. The van der Waals surface area contributed by atoms with Crippen LogP contribution in [0.1, 0.15) is 11.6 Å². The molecule has 7 heteroatoms. The lowest BCUT2D eigenvalue weighted by Crippen LogP contribution is -2.19. The highest BCUT2D eigenvalue weighted by atomic mass is 19.1. The zero-order chi connectivity index (χ0) is 11.7. The van der Waals surface area contributed by atoms with Gasteiger partial charge in [-0.25, -0.2) is 9.18 Å². The Kier molecular flexibility index (Phi) is 2.43. The molecule has 0 spiro atoms. The fourth-order valence-electron chi connectivity index (χ4n) is 1.52. The van der Waals surface area contributed by atoms with Crippen LogP contribution in [-0.2, 0) is 4.74 Å². The lowest BCUT2D eigenvalue weighted by atomic mass is 10.1. The van der Waals surface area contributed by atoms with Crippen molar-refractivity contribution in [3.8, 4) is 0 Å². The van der Waals surface area contributed by atoms with E-state index in [2.05, 4.69) is 10.1 Å². The molecule has 6 nitrogen and oxygen atoms in total. The SMILES string of the molecule is O=C1N[C@@H](c2ccc(F)cc2[N+](=O)[O-])CO1. The zero-order valence-electron chi connectivity index (χ0n) is 7.97. The van der Waals surface area contributed by atoms with Crippen LogP contribution in [0.5, 0.6) is 0 Å². The van der Waals surface area contributed by atoms with Gasteiger partial charge in [-0.3, -0.25) is 10.1 Å². The molecule has 1 atom stereocenters. The van der Waals surface area contributed by atoms with Crippen LogP contribution in [0.4, 0.5) is 14.9 Å². The molecule has 1 heterocycles. The predicted molar refractivity (Wildman–Crippen MR) is 50.3 cm³/mol. The van der Waals surface area contributed by atoms with Gasteiger partial charge in [0.15, 0.2) is 0 Å². The number of nitrogens with zero attached hydrogens (tertiary/aromatic N) is 1. The van der Waals surface area contributed by atoms with Crippen molar-refractivity contribution >= 4 is 11.8 Å². The number of benzene rings is 1. The molecule has 0 saturated carbocycles. The van der Waals surface area contributed by atoms with Crippen LogP contribution >= 0.6 is 0 Å². The van der Waals surface area contributed by atoms with Gasteiger partial charge in [0.05, 0.1) is 22.6 Å². The van der Waals surface area contributed by atoms with Crippen molar-refractivity contribution < 1.29 is 18.8 Å². The Labute approximate surface area is 89.2 Å². The molecule has 0 unspecified atom stereocenters. The highest BCUT2D eigenvalue weighted by molar-refractivity contribution is 5.70. The molecular weight excluding hydrogens is 219 g/mol. The Morgan fingerprint density at radius 1 is 1.56 bits per heavy atom. The molecule has 0 radical (unpaired) electrons. The first-order chi connectivity index (χ1) is 7.58. The fourth-order valence-corrected chi connectivity index (χ4v) is 1.52. The third-order valence-electron chi connectivity index (χ3n) is 2.24. The van der Waals surface area contributed by atoms with Crippen molar-refractivity contribution in [2.24, 2.45) is 0 Å². The number of ether oxygens (including phenoxy) is 1. The monoisotopic (exact) mass is 226 g/mol. The Balaban J connectivity index is 2.40. The third kappa shape index (κ3) is 1.79. The normalized spacial score (nSPS) is 19.1. The number of nitro benzene ring substituents is 1. The molecule has 0 aliphatic carbocycles. The van der Waals surface area contributed by atoms with Crippen LogP contribution < -0.4 is 5.32 Å². The molecule has 1 amide bonds. The van der Waals surface area contributed by atoms with Crippen molar-refractivity contribution in [2.45, 2.75) is 6.04 Å². The summed E-state index contributed by atoms with van der Waals surface area (Å²) in [5, 5.41) is 13.1. The fraction of sp³-hybridized carbons (Fsp3) is 0.222. The number of carbonyl (C=O) groups excluding carboxylic acids is 1. The second-order valence-corrected chi connectivity index (χ2v) is 3.26. The number of nitro groups is 1. The molecule has 1 fully saturated rings. The largest absolute Gasteiger partial charge is 0.447 e. The van der Waals surface area contributed by atoms with E-state index >= 15 is 0 Å². The third-order valence-corrected chi connectivity index (χ3v) is 2.24. The first-order valence-corrected chi connectivity index (χ1v) is 4.45. The van der Waals surface area contributed by atoms with Crippen LogP contribution in [-0.4, -0.2) is 17.6 Å². The minimum absolute atomic E-state index is 0.00526. The summed E-state index contributed by atoms with van der Waals surface area (Å²) in [5.41, 5.74) is -0.131. The van der Waals surface area contributed by atoms with E-state index in [0.29, 0.717) is 0 Å². The van der Waals surface area contributed by atoms with Gasteiger partial charge in [-0.2, -0.15) is 0 Å². The average molecular weight is 226 g/mol. The maximum absolute atomic E-state index is 12.8. The van der Waals surface area contributed by atoms with Gasteiger partial charge in [0.1, 0.15) is 12.4 Å². The van der Waals surface area contributed by atoms with Gasteiger partial charge < -0.3 is 10.1 Å². The van der Waals surface area contributed by atoms with Gasteiger partial charge in [-0.1, -0.05) is 0 Å². The van der Waals surface area contributed by atoms with Crippen molar-refractivity contribution in [3.05, 3.63) is 39.7 Å². The molecule has 84 valence electrons. The van der Waals surface area contributed by atoms with Crippen molar-refractivity contribution in [1.29, 1.82) is 0 Å². The molecule has 0 aromatic heterocycles. The zero-order valence-corrected chi connectivity index (χ0v) is 7.97. The van der Waals surface area contributed by atoms with Crippen LogP contribution in [0.3, 0.4) is 0 Å². The Hall–Kier alpha value is -2.18. The first kappa shape index (κ1) is 10.3. The highest BCUT2D eigenvalue weighted by Gasteiger charge is 2.29. The highest BCUT2D eigenvalue weighted by Crippen LogP contribution is 2.28. The van der Waals surface area contributed by atoms with Crippen molar-refractivity contribution in [1.82, 2.24) is 5.32 Å². The molecule has 1 aliphatic heterocycles. The smallest absolute Gasteiger partial charge is 0.407 e. The number of rotatable bonds is 2. The lowest BCUT2D eigenvalue weighted by Gasteiger charge is -2.07. The topological polar surface area (TPSA) is 81.5 Å². The van der Waals surface area contributed by atoms with Gasteiger partial charge >= 0.3 is 6.09 Å². The van der Waals surface area contributed by atoms with Gasteiger partial charge in [0.25, 0.3) is 5.69 Å². The predicted octanol–water partition coefficient (Wildman–Crippen LogP) is 1.51. The van der Waals surface area contributed by atoms with Gasteiger partial charge in [0.2, 0.25) is 0 Å². The molecule has 1 aliphatic rings. The summed E-state index contributed by atoms with van der Waals surface area (Å²) >= 11 is 0. The molecule has 2 rings (SSSR count). The van der Waals surface area contributed by atoms with Crippen LogP contribution in [0.25, 0.3) is 0 Å². The number of amides is 1. The van der Waals surface area contributed by atoms with Gasteiger partial charge in [-0.15, -0.1) is 0 Å². The Morgan fingerprint density at radius 2 is 2.31 bits per heavy atom. The number of hydrogen-bond acceptors (Lipinski definition) is 4. The number of halogens is 1. The minimum Gasteiger partial charge on any atom is -0.447 e. The summed E-state index contributed by atoms with van der Waals surface area (Å²) in [6, 6.07) is 2.59. The number of cyclic esters (lactones) is 1. The van der Waals surface area contributed by atoms with E-state index in [4.69, 9.17) is 0 Å². The maximum atomic E-state index is 12.8. The number of carbonyl (C=O) groups is 1. The van der Waals surface area contributed by atoms with Crippen molar-refractivity contribution in [3.63, 3.8) is 0 Å². The molecule has 0 bridgehead atoms. The molecular formula is C9H7FN2O4. The van der Waals surface area contributed by atoms with E-state index in [9.17, 15) is 19.3 Å². The Bertz CT molecular complexity index is 463.